The predicted molar refractivity (Wildman–Crippen MR) is 105 cm³/mol. The first kappa shape index (κ1) is 16.5. The van der Waals surface area contributed by atoms with Gasteiger partial charge in [0.15, 0.2) is 4.77 Å². The van der Waals surface area contributed by atoms with Gasteiger partial charge in [-0.2, -0.15) is 0 Å². The van der Waals surface area contributed by atoms with Crippen LogP contribution >= 0.6 is 12.2 Å². The second-order valence-electron chi connectivity index (χ2n) is 6.20. The van der Waals surface area contributed by atoms with Crippen LogP contribution in [0.3, 0.4) is 0 Å². The molecule has 26 heavy (non-hydrogen) atoms. The number of amides is 1. The minimum atomic E-state index is -0.239. The molecule has 0 atom stereocenters. The zero-order valence-electron chi connectivity index (χ0n) is 14.2. The summed E-state index contributed by atoms with van der Waals surface area (Å²) in [6.45, 7) is 2.08. The second-order valence-corrected chi connectivity index (χ2v) is 6.59. The lowest BCUT2D eigenvalue weighted by molar-refractivity contribution is 0.102. The average molecular weight is 365 g/mol. The number of para-hydroxylation sites is 1. The highest BCUT2D eigenvalue weighted by Gasteiger charge is 2.16. The van der Waals surface area contributed by atoms with Crippen LogP contribution in [0.2, 0.25) is 0 Å². The van der Waals surface area contributed by atoms with Crippen molar-refractivity contribution < 1.29 is 4.79 Å². The van der Waals surface area contributed by atoms with E-state index in [9.17, 15) is 4.79 Å². The van der Waals surface area contributed by atoms with E-state index in [-0.39, 0.29) is 5.91 Å². The summed E-state index contributed by atoms with van der Waals surface area (Å²) in [5.74, 6) is 0.714. The molecule has 0 unspecified atom stereocenters. The molecule has 1 aromatic carbocycles. The molecule has 1 aliphatic heterocycles. The third-order valence-electron chi connectivity index (χ3n) is 4.46. The van der Waals surface area contributed by atoms with Crippen molar-refractivity contribution in [1.29, 1.82) is 0 Å². The third-order valence-corrected chi connectivity index (χ3v) is 4.76. The molecule has 3 aromatic rings. The number of carbonyl (C=O) groups is 1. The third kappa shape index (κ3) is 3.25. The van der Waals surface area contributed by atoms with Gasteiger partial charge in [0, 0.05) is 25.0 Å². The summed E-state index contributed by atoms with van der Waals surface area (Å²) in [5, 5.41) is 2.89. The highest BCUT2D eigenvalue weighted by Crippen LogP contribution is 2.20. The number of aromatic amines is 1. The number of benzene rings is 1. The second kappa shape index (κ2) is 7.13. The maximum atomic E-state index is 12.7. The van der Waals surface area contributed by atoms with Crippen LogP contribution in [-0.4, -0.2) is 33.5 Å². The normalized spacial score (nSPS) is 13.8. The number of rotatable bonds is 4. The summed E-state index contributed by atoms with van der Waals surface area (Å²) >= 11 is 5.33. The van der Waals surface area contributed by atoms with E-state index < -0.39 is 0 Å². The van der Waals surface area contributed by atoms with Crippen LogP contribution in [0.4, 0.5) is 11.5 Å². The van der Waals surface area contributed by atoms with Gasteiger partial charge in [0.25, 0.3) is 5.91 Å². The molecule has 3 heterocycles. The summed E-state index contributed by atoms with van der Waals surface area (Å²) < 4.78 is 2.19. The number of hydrogen-bond acceptors (Lipinski definition) is 4. The molecule has 0 saturated carbocycles. The van der Waals surface area contributed by atoms with Gasteiger partial charge in [-0.25, -0.2) is 4.98 Å². The molecule has 0 spiro atoms. The molecule has 0 radical (unpaired) electrons. The van der Waals surface area contributed by atoms with Crippen LogP contribution in [-0.2, 0) is 0 Å². The first-order chi connectivity index (χ1) is 12.7. The van der Waals surface area contributed by atoms with E-state index in [0.29, 0.717) is 16.2 Å². The number of H-pyrrole nitrogens is 1. The summed E-state index contributed by atoms with van der Waals surface area (Å²) in [4.78, 5) is 22.4. The first-order valence-corrected chi connectivity index (χ1v) is 9.01. The molecule has 0 bridgehead atoms. The van der Waals surface area contributed by atoms with Crippen LogP contribution in [0.15, 0.2) is 54.9 Å². The number of carbonyl (C=O) groups excluding carboxylic acids is 1. The molecule has 0 aliphatic carbocycles. The Morgan fingerprint density at radius 1 is 1.12 bits per heavy atom. The van der Waals surface area contributed by atoms with Crippen molar-refractivity contribution in [2.45, 2.75) is 12.8 Å². The molecule has 4 rings (SSSR count). The van der Waals surface area contributed by atoms with Crippen LogP contribution in [0.1, 0.15) is 23.3 Å². The van der Waals surface area contributed by atoms with Gasteiger partial charge in [-0.15, -0.1) is 0 Å². The van der Waals surface area contributed by atoms with E-state index in [1.807, 2.05) is 42.5 Å². The summed E-state index contributed by atoms with van der Waals surface area (Å²) in [5.41, 5.74) is 1.95. The van der Waals surface area contributed by atoms with Crippen molar-refractivity contribution in [1.82, 2.24) is 14.5 Å². The smallest absolute Gasteiger partial charge is 0.274 e. The zero-order chi connectivity index (χ0) is 17.9. The number of hydrogen-bond donors (Lipinski definition) is 2. The molecule has 132 valence electrons. The van der Waals surface area contributed by atoms with Gasteiger partial charge in [0.2, 0.25) is 0 Å². The highest BCUT2D eigenvalue weighted by molar-refractivity contribution is 7.71. The monoisotopic (exact) mass is 365 g/mol. The van der Waals surface area contributed by atoms with Gasteiger partial charge < -0.3 is 15.2 Å². The SMILES string of the molecule is O=C(Nc1ccc(N2CCCC2)nc1)c1c[nH]c(=S)n1-c1ccccc1. The average Bonchev–Trinajstić information content (AvgIpc) is 3.33. The van der Waals surface area contributed by atoms with Crippen LogP contribution < -0.4 is 10.2 Å². The van der Waals surface area contributed by atoms with Gasteiger partial charge in [0.05, 0.1) is 11.9 Å². The molecule has 1 amide bonds. The fraction of sp³-hybridized carbons (Fsp3) is 0.211. The standard InChI is InChI=1S/C19H19N5OS/c25-18(16-13-21-19(26)24(16)15-6-2-1-3-7-15)22-14-8-9-17(20-12-14)23-10-4-5-11-23/h1-3,6-9,12-13H,4-5,10-11H2,(H,21,26)(H,22,25). The van der Waals surface area contributed by atoms with Gasteiger partial charge in [0.1, 0.15) is 11.5 Å². The number of nitrogens with zero attached hydrogens (tertiary/aromatic N) is 3. The van der Waals surface area contributed by atoms with E-state index in [2.05, 4.69) is 20.2 Å². The number of nitrogens with one attached hydrogen (secondary N) is 2. The minimum Gasteiger partial charge on any atom is -0.357 e. The van der Waals surface area contributed by atoms with Gasteiger partial charge in [-0.1, -0.05) is 18.2 Å². The molecular weight excluding hydrogens is 346 g/mol. The summed E-state index contributed by atoms with van der Waals surface area (Å²) in [7, 11) is 0. The zero-order valence-corrected chi connectivity index (χ0v) is 15.0. The highest BCUT2D eigenvalue weighted by atomic mass is 32.1. The fourth-order valence-corrected chi connectivity index (χ4v) is 3.42. The number of aromatic nitrogens is 3. The molecule has 2 N–H and O–H groups in total. The largest absolute Gasteiger partial charge is 0.357 e. The lowest BCUT2D eigenvalue weighted by Crippen LogP contribution is -2.19. The van der Waals surface area contributed by atoms with Crippen molar-refractivity contribution >= 4 is 29.6 Å². The van der Waals surface area contributed by atoms with Crippen LogP contribution in [0.5, 0.6) is 0 Å². The van der Waals surface area contributed by atoms with Crippen molar-refractivity contribution in [2.75, 3.05) is 23.3 Å². The minimum absolute atomic E-state index is 0.239. The maximum absolute atomic E-state index is 12.7. The van der Waals surface area contributed by atoms with Crippen molar-refractivity contribution in [3.8, 4) is 5.69 Å². The predicted octanol–water partition coefficient (Wildman–Crippen LogP) is 3.78. The number of anilines is 2. The Hall–Kier alpha value is -2.93. The lowest BCUT2D eigenvalue weighted by Gasteiger charge is -2.16. The maximum Gasteiger partial charge on any atom is 0.274 e. The lowest BCUT2D eigenvalue weighted by atomic mass is 10.3. The van der Waals surface area contributed by atoms with E-state index in [1.165, 1.54) is 12.8 Å². The van der Waals surface area contributed by atoms with Gasteiger partial charge >= 0.3 is 0 Å². The Labute approximate surface area is 156 Å². The van der Waals surface area contributed by atoms with E-state index in [4.69, 9.17) is 12.2 Å². The molecule has 1 fully saturated rings. The van der Waals surface area contributed by atoms with Crippen LogP contribution in [0.25, 0.3) is 5.69 Å². The summed E-state index contributed by atoms with van der Waals surface area (Å²) in [6.07, 6.45) is 5.73. The van der Waals surface area contributed by atoms with Crippen molar-refractivity contribution in [3.63, 3.8) is 0 Å². The molecule has 7 heteroatoms. The number of imidazole rings is 1. The van der Waals surface area contributed by atoms with Gasteiger partial charge in [-0.3, -0.25) is 9.36 Å². The van der Waals surface area contributed by atoms with Crippen molar-refractivity contribution in [3.05, 3.63) is 65.3 Å². The quantitative estimate of drug-likeness (QED) is 0.691. The van der Waals surface area contributed by atoms with Crippen molar-refractivity contribution in [2.24, 2.45) is 0 Å². The van der Waals surface area contributed by atoms with Gasteiger partial charge in [-0.05, 0) is 49.3 Å². The molecule has 1 saturated heterocycles. The first-order valence-electron chi connectivity index (χ1n) is 8.60. The van der Waals surface area contributed by atoms with E-state index >= 15 is 0 Å². The topological polar surface area (TPSA) is 66.0 Å². The van der Waals surface area contributed by atoms with E-state index in [1.54, 1.807) is 17.0 Å². The Morgan fingerprint density at radius 2 is 1.88 bits per heavy atom. The Bertz CT molecular complexity index is 956. The molecule has 1 aliphatic rings. The van der Waals surface area contributed by atoms with Crippen LogP contribution in [0, 0.1) is 4.77 Å². The Balaban J connectivity index is 1.55. The molecule has 2 aromatic heterocycles. The molecule has 6 nitrogen and oxygen atoms in total. The fourth-order valence-electron chi connectivity index (χ4n) is 3.16. The number of pyridine rings is 1. The molecular formula is C19H19N5OS. The summed E-state index contributed by atoms with van der Waals surface area (Å²) in [6, 6.07) is 13.4. The van der Waals surface area contributed by atoms with E-state index in [0.717, 1.165) is 24.6 Å². The Kier molecular flexibility index (Phi) is 4.53. The Morgan fingerprint density at radius 3 is 2.58 bits per heavy atom.